The Balaban J connectivity index is 1.63. The zero-order valence-corrected chi connectivity index (χ0v) is 20.7. The van der Waals surface area contributed by atoms with Gasteiger partial charge in [0, 0.05) is 17.5 Å². The molecular formula is C23H15F8N3O6S. The zero-order valence-electron chi connectivity index (χ0n) is 19.9. The number of nitrogens with one attached hydrogen (secondary N) is 2. The van der Waals surface area contributed by atoms with Crippen LogP contribution in [0.5, 0.6) is 0 Å². The van der Waals surface area contributed by atoms with Gasteiger partial charge >= 0.3 is 22.4 Å². The second-order valence-corrected chi connectivity index (χ2v) is 10.2. The monoisotopic (exact) mass is 613 g/mol. The van der Waals surface area contributed by atoms with Gasteiger partial charge < -0.3 is 9.52 Å². The molecule has 1 aliphatic rings. The molecule has 0 unspecified atom stereocenters. The van der Waals surface area contributed by atoms with Gasteiger partial charge in [-0.25, -0.2) is 26.7 Å². The first-order valence-corrected chi connectivity index (χ1v) is 12.5. The van der Waals surface area contributed by atoms with Crippen LogP contribution >= 0.6 is 0 Å². The Morgan fingerprint density at radius 1 is 1.00 bits per heavy atom. The first kappa shape index (κ1) is 29.9. The Morgan fingerprint density at radius 3 is 2.17 bits per heavy atom. The summed E-state index contributed by atoms with van der Waals surface area (Å²) in [6.07, 6.45) is -8.30. The van der Waals surface area contributed by atoms with Crippen molar-refractivity contribution in [3.8, 4) is 11.3 Å². The van der Waals surface area contributed by atoms with Crippen molar-refractivity contribution in [3.05, 3.63) is 82.4 Å². The smallest absolute Gasteiger partial charge is 0.417 e. The third-order valence-corrected chi connectivity index (χ3v) is 7.33. The number of aliphatic carboxylic acids is 1. The minimum absolute atomic E-state index is 0.294. The highest BCUT2D eigenvalue weighted by atomic mass is 32.2. The molecule has 0 aliphatic carbocycles. The number of hydrogen-bond donors (Lipinski definition) is 3. The van der Waals surface area contributed by atoms with E-state index < -0.39 is 99.2 Å². The summed E-state index contributed by atoms with van der Waals surface area (Å²) in [5.74, 6) is -15.9. The Labute approximate surface area is 224 Å². The van der Waals surface area contributed by atoms with E-state index in [0.29, 0.717) is 4.31 Å². The molecule has 0 bridgehead atoms. The molecule has 2 aromatic carbocycles. The molecule has 0 radical (unpaired) electrons. The highest BCUT2D eigenvalue weighted by molar-refractivity contribution is 7.88. The summed E-state index contributed by atoms with van der Waals surface area (Å²) in [6.45, 7) is -0.859. The molecule has 1 fully saturated rings. The summed E-state index contributed by atoms with van der Waals surface area (Å²) in [7, 11) is -4.73. The van der Waals surface area contributed by atoms with Crippen molar-refractivity contribution in [2.75, 3.05) is 0 Å². The predicted octanol–water partition coefficient (Wildman–Crippen LogP) is 3.45. The number of carboxylic acid groups (broad SMARTS) is 1. The van der Waals surface area contributed by atoms with Crippen LogP contribution in [-0.2, 0) is 38.9 Å². The van der Waals surface area contributed by atoms with Crippen LogP contribution < -0.4 is 10.0 Å². The molecule has 1 saturated heterocycles. The molecule has 1 amide bonds. The summed E-state index contributed by atoms with van der Waals surface area (Å²) in [5, 5.41) is 11.5. The fourth-order valence-electron chi connectivity index (χ4n) is 3.99. The van der Waals surface area contributed by atoms with Gasteiger partial charge in [-0.3, -0.25) is 14.9 Å². The van der Waals surface area contributed by atoms with Crippen molar-refractivity contribution in [1.29, 1.82) is 0 Å². The van der Waals surface area contributed by atoms with Crippen LogP contribution in [0.25, 0.3) is 11.3 Å². The van der Waals surface area contributed by atoms with Gasteiger partial charge in [0.2, 0.25) is 5.82 Å². The van der Waals surface area contributed by atoms with Gasteiger partial charge in [0.25, 0.3) is 5.91 Å². The lowest BCUT2D eigenvalue weighted by Gasteiger charge is -2.24. The quantitative estimate of drug-likeness (QED) is 0.202. The van der Waals surface area contributed by atoms with Crippen LogP contribution in [0, 0.1) is 29.1 Å². The lowest BCUT2D eigenvalue weighted by atomic mass is 10.0. The molecule has 0 saturated carbocycles. The fraction of sp³-hybridized carbons (Fsp3) is 0.217. The molecule has 2 atom stereocenters. The molecule has 220 valence electrons. The second kappa shape index (κ2) is 10.7. The summed E-state index contributed by atoms with van der Waals surface area (Å²) < 4.78 is 141. The van der Waals surface area contributed by atoms with Crippen molar-refractivity contribution in [3.63, 3.8) is 0 Å². The van der Waals surface area contributed by atoms with E-state index in [9.17, 15) is 58.2 Å². The number of carbonyl (C=O) groups excluding carboxylic acids is 1. The second-order valence-electron chi connectivity index (χ2n) is 8.54. The average molecular weight is 613 g/mol. The van der Waals surface area contributed by atoms with Gasteiger partial charge in [0.15, 0.2) is 29.4 Å². The summed E-state index contributed by atoms with van der Waals surface area (Å²) >= 11 is 0. The lowest BCUT2D eigenvalue weighted by molar-refractivity contribution is -0.140. The predicted molar refractivity (Wildman–Crippen MR) is 120 cm³/mol. The van der Waals surface area contributed by atoms with E-state index in [4.69, 9.17) is 4.42 Å². The van der Waals surface area contributed by atoms with E-state index in [-0.39, 0.29) is 11.5 Å². The maximum absolute atomic E-state index is 14.1. The Kier molecular flexibility index (Phi) is 7.85. The summed E-state index contributed by atoms with van der Waals surface area (Å²) in [5.41, 5.74) is -3.01. The van der Waals surface area contributed by atoms with Gasteiger partial charge in [0.1, 0.15) is 17.6 Å². The molecule has 3 aromatic rings. The van der Waals surface area contributed by atoms with Crippen LogP contribution in [0.15, 0.2) is 40.8 Å². The molecule has 18 heteroatoms. The maximum atomic E-state index is 14.1. The van der Waals surface area contributed by atoms with E-state index >= 15 is 0 Å². The van der Waals surface area contributed by atoms with Crippen LogP contribution in [0.2, 0.25) is 0 Å². The molecule has 41 heavy (non-hydrogen) atoms. The molecule has 2 heterocycles. The number of carboxylic acids is 1. The number of nitrogens with zero attached hydrogens (tertiary/aromatic N) is 1. The number of hydrogen-bond acceptors (Lipinski definition) is 6. The van der Waals surface area contributed by atoms with E-state index in [0.717, 1.165) is 30.3 Å². The minimum Gasteiger partial charge on any atom is -0.480 e. The molecule has 1 aromatic heterocycles. The fourth-order valence-corrected chi connectivity index (χ4v) is 5.21. The molecule has 0 spiro atoms. The van der Waals surface area contributed by atoms with Crippen molar-refractivity contribution < 1.29 is 62.7 Å². The first-order chi connectivity index (χ1) is 19.0. The number of carbonyl (C=O) groups is 2. The molecular weight excluding hydrogens is 598 g/mol. The van der Waals surface area contributed by atoms with Gasteiger partial charge in [-0.15, -0.1) is 0 Å². The SMILES string of the molecule is O=C(O)[C@H](Cc1c(F)c(F)c(F)c(F)c1F)N[C@H]1C(=O)NS(=O)(=O)N1Cc1ccc(-c2ccccc2C(F)(F)F)o1. The topological polar surface area (TPSA) is 129 Å². The Hall–Kier alpha value is -4.03. The van der Waals surface area contributed by atoms with Crippen molar-refractivity contribution in [2.45, 2.75) is 31.3 Å². The average Bonchev–Trinajstić information content (AvgIpc) is 3.44. The summed E-state index contributed by atoms with van der Waals surface area (Å²) in [4.78, 5) is 24.2. The van der Waals surface area contributed by atoms with Crippen molar-refractivity contribution in [1.82, 2.24) is 14.3 Å². The Bertz CT molecular complexity index is 1610. The molecule has 3 N–H and O–H groups in total. The van der Waals surface area contributed by atoms with Crippen LogP contribution in [0.1, 0.15) is 16.9 Å². The minimum atomic E-state index is -4.77. The maximum Gasteiger partial charge on any atom is 0.417 e. The van der Waals surface area contributed by atoms with Crippen LogP contribution in [0.3, 0.4) is 0 Å². The number of halogens is 8. The Morgan fingerprint density at radius 2 is 1.59 bits per heavy atom. The molecule has 4 rings (SSSR count). The third-order valence-electron chi connectivity index (χ3n) is 5.91. The number of furan rings is 1. The summed E-state index contributed by atoms with van der Waals surface area (Å²) in [6, 6.07) is 4.18. The van der Waals surface area contributed by atoms with E-state index in [1.807, 2.05) is 5.32 Å². The number of amides is 1. The molecule has 9 nitrogen and oxygen atoms in total. The van der Waals surface area contributed by atoms with Gasteiger partial charge in [-0.2, -0.15) is 25.9 Å². The van der Waals surface area contributed by atoms with E-state index in [1.54, 1.807) is 0 Å². The van der Waals surface area contributed by atoms with Crippen molar-refractivity contribution >= 4 is 22.1 Å². The molecule has 1 aliphatic heterocycles. The number of alkyl halides is 3. The van der Waals surface area contributed by atoms with E-state index in [1.165, 1.54) is 10.8 Å². The van der Waals surface area contributed by atoms with E-state index in [2.05, 4.69) is 0 Å². The number of rotatable bonds is 8. The highest BCUT2D eigenvalue weighted by Crippen LogP contribution is 2.37. The standard InChI is InChI=1S/C23H15F8N3O6S/c24-15-11(16(25)18(27)19(28)17(15)26)7-13(22(36)37)32-20-21(35)33-41(38,39)34(20)8-9-5-6-14(40-9)10-3-1-2-4-12(10)23(29,30)31/h1-6,13,20,32H,7-8H2,(H,33,35)(H,36,37)/t13-,20+/m0/s1. The largest absolute Gasteiger partial charge is 0.480 e. The zero-order chi connectivity index (χ0) is 30.4. The lowest BCUT2D eigenvalue weighted by Crippen LogP contribution is -2.53. The first-order valence-electron chi connectivity index (χ1n) is 11.1. The van der Waals surface area contributed by atoms with Gasteiger partial charge in [0.05, 0.1) is 12.1 Å². The normalized spacial score (nSPS) is 18.0. The third kappa shape index (κ3) is 5.75. The number of benzene rings is 2. The highest BCUT2D eigenvalue weighted by Gasteiger charge is 2.46. The van der Waals surface area contributed by atoms with Gasteiger partial charge in [-0.05, 0) is 18.2 Å². The van der Waals surface area contributed by atoms with Crippen LogP contribution in [-0.4, -0.2) is 41.9 Å². The van der Waals surface area contributed by atoms with Gasteiger partial charge in [-0.1, -0.05) is 18.2 Å². The van der Waals surface area contributed by atoms with Crippen LogP contribution in [0.4, 0.5) is 35.1 Å². The van der Waals surface area contributed by atoms with Crippen molar-refractivity contribution in [2.24, 2.45) is 0 Å².